The lowest BCUT2D eigenvalue weighted by Crippen LogP contribution is -2.07. The van der Waals surface area contributed by atoms with E-state index >= 15 is 0 Å². The molecule has 1 N–H and O–H groups in total. The first-order valence-electron chi connectivity index (χ1n) is 6.44. The second-order valence-corrected chi connectivity index (χ2v) is 4.45. The molecule has 0 heterocycles. The molecule has 0 spiro atoms. The molecule has 0 aliphatic rings. The normalized spacial score (nSPS) is 12.1. The van der Waals surface area contributed by atoms with E-state index in [0.717, 1.165) is 25.0 Å². The number of nitro groups is 1. The zero-order valence-electron chi connectivity index (χ0n) is 11.6. The van der Waals surface area contributed by atoms with Crippen LogP contribution < -0.4 is 5.43 Å². The minimum atomic E-state index is -4.62. The van der Waals surface area contributed by atoms with Gasteiger partial charge in [-0.05, 0) is 30.9 Å². The monoisotopic (exact) mass is 303 g/mol. The number of nitrogens with one attached hydrogen (secondary N) is 1. The molecule has 1 rings (SSSR count). The first-order chi connectivity index (χ1) is 9.79. The number of benzene rings is 1. The van der Waals surface area contributed by atoms with Crippen LogP contribution >= 0.6 is 0 Å². The molecule has 0 amide bonds. The number of alkyl halides is 3. The Bertz CT molecular complexity index is 526. The van der Waals surface area contributed by atoms with Gasteiger partial charge in [0.15, 0.2) is 0 Å². The summed E-state index contributed by atoms with van der Waals surface area (Å²) in [4.78, 5) is 9.99. The van der Waals surface area contributed by atoms with Crippen molar-refractivity contribution >= 4 is 17.6 Å². The third-order valence-corrected chi connectivity index (χ3v) is 3.04. The molecule has 0 unspecified atom stereocenters. The van der Waals surface area contributed by atoms with E-state index in [0.29, 0.717) is 6.07 Å². The molecule has 0 aromatic heterocycles. The molecular formula is C13H16F3N3O2. The van der Waals surface area contributed by atoms with Gasteiger partial charge in [-0.2, -0.15) is 18.3 Å². The van der Waals surface area contributed by atoms with Crippen molar-refractivity contribution in [1.29, 1.82) is 0 Å². The summed E-state index contributed by atoms with van der Waals surface area (Å²) in [5.74, 6) is 0.214. The molecule has 5 nitrogen and oxygen atoms in total. The minimum absolute atomic E-state index is 0.0739. The zero-order valence-corrected chi connectivity index (χ0v) is 11.6. The number of anilines is 1. The van der Waals surface area contributed by atoms with Gasteiger partial charge in [-0.3, -0.25) is 15.5 Å². The van der Waals surface area contributed by atoms with E-state index in [4.69, 9.17) is 0 Å². The van der Waals surface area contributed by atoms with E-state index in [1.807, 2.05) is 13.8 Å². The van der Waals surface area contributed by atoms with Crippen LogP contribution in [0.4, 0.5) is 24.5 Å². The van der Waals surface area contributed by atoms with E-state index in [9.17, 15) is 23.3 Å². The standard InChI is InChI=1S/C13H16F3N3O2/c1-3-9(4-2)8-17-18-11-6-5-10(13(14,15)16)7-12(11)19(20)21/h5-9,18H,3-4H2,1-2H3/b17-8-. The average Bonchev–Trinajstić information content (AvgIpc) is 2.42. The second-order valence-electron chi connectivity index (χ2n) is 4.45. The summed E-state index contributed by atoms with van der Waals surface area (Å²) < 4.78 is 37.6. The Kier molecular flexibility index (Phi) is 5.69. The molecule has 0 bridgehead atoms. The lowest BCUT2D eigenvalue weighted by molar-refractivity contribution is -0.384. The van der Waals surface area contributed by atoms with Gasteiger partial charge in [0.05, 0.1) is 10.5 Å². The van der Waals surface area contributed by atoms with Crippen molar-refractivity contribution in [2.75, 3.05) is 5.43 Å². The van der Waals surface area contributed by atoms with Gasteiger partial charge in [0.25, 0.3) is 5.69 Å². The molecular weight excluding hydrogens is 287 g/mol. The number of nitro benzene ring substituents is 1. The van der Waals surface area contributed by atoms with Crippen LogP contribution in [-0.2, 0) is 6.18 Å². The van der Waals surface area contributed by atoms with Gasteiger partial charge in [-0.15, -0.1) is 0 Å². The van der Waals surface area contributed by atoms with Crippen molar-refractivity contribution in [2.24, 2.45) is 11.0 Å². The Labute approximate surface area is 120 Å². The van der Waals surface area contributed by atoms with E-state index in [-0.39, 0.29) is 11.6 Å². The van der Waals surface area contributed by atoms with Crippen LogP contribution in [0.5, 0.6) is 0 Å². The molecule has 1 aromatic rings. The average molecular weight is 303 g/mol. The predicted octanol–water partition coefficient (Wildman–Crippen LogP) is 4.45. The molecule has 0 aliphatic heterocycles. The van der Waals surface area contributed by atoms with Gasteiger partial charge in [0.2, 0.25) is 0 Å². The first kappa shape index (κ1) is 16.9. The van der Waals surface area contributed by atoms with Crippen molar-refractivity contribution in [3.8, 4) is 0 Å². The summed E-state index contributed by atoms with van der Waals surface area (Å²) in [6.07, 6.45) is -1.31. The van der Waals surface area contributed by atoms with E-state index in [1.54, 1.807) is 6.21 Å². The molecule has 0 aliphatic carbocycles. The van der Waals surface area contributed by atoms with Crippen molar-refractivity contribution in [1.82, 2.24) is 0 Å². The fourth-order valence-electron chi connectivity index (χ4n) is 1.67. The van der Waals surface area contributed by atoms with Crippen LogP contribution in [0.3, 0.4) is 0 Å². The number of halogens is 3. The minimum Gasteiger partial charge on any atom is -0.272 e. The Hall–Kier alpha value is -2.12. The maximum Gasteiger partial charge on any atom is 0.416 e. The lowest BCUT2D eigenvalue weighted by Gasteiger charge is -2.09. The maximum atomic E-state index is 12.5. The SMILES string of the molecule is CCC(/C=N\Nc1ccc(C(F)(F)F)cc1[N+](=O)[O-])CC. The summed E-state index contributed by atoms with van der Waals surface area (Å²) in [5, 5.41) is 14.7. The Morgan fingerprint density at radius 3 is 2.48 bits per heavy atom. The molecule has 0 radical (unpaired) electrons. The molecule has 0 saturated heterocycles. The highest BCUT2D eigenvalue weighted by molar-refractivity contribution is 5.66. The second kappa shape index (κ2) is 7.05. The molecule has 21 heavy (non-hydrogen) atoms. The van der Waals surface area contributed by atoms with Crippen molar-refractivity contribution in [2.45, 2.75) is 32.9 Å². The summed E-state index contributed by atoms with van der Waals surface area (Å²) in [6, 6.07) is 2.28. The topological polar surface area (TPSA) is 67.5 Å². The van der Waals surface area contributed by atoms with Crippen LogP contribution in [0.2, 0.25) is 0 Å². The van der Waals surface area contributed by atoms with Crippen LogP contribution in [-0.4, -0.2) is 11.1 Å². The highest BCUT2D eigenvalue weighted by Gasteiger charge is 2.33. The third kappa shape index (κ3) is 4.73. The third-order valence-electron chi connectivity index (χ3n) is 3.04. The Balaban J connectivity index is 3.00. The quantitative estimate of drug-likeness (QED) is 0.479. The molecule has 116 valence electrons. The lowest BCUT2D eigenvalue weighted by atomic mass is 10.1. The largest absolute Gasteiger partial charge is 0.416 e. The van der Waals surface area contributed by atoms with E-state index in [1.165, 1.54) is 0 Å². The summed E-state index contributed by atoms with van der Waals surface area (Å²) in [6.45, 7) is 3.95. The highest BCUT2D eigenvalue weighted by Crippen LogP contribution is 2.34. The van der Waals surface area contributed by atoms with Crippen LogP contribution in [0.15, 0.2) is 23.3 Å². The smallest absolute Gasteiger partial charge is 0.272 e. The van der Waals surface area contributed by atoms with Crippen LogP contribution in [0, 0.1) is 16.0 Å². The van der Waals surface area contributed by atoms with Gasteiger partial charge in [-0.1, -0.05) is 13.8 Å². The zero-order chi connectivity index (χ0) is 16.0. The first-order valence-corrected chi connectivity index (χ1v) is 6.44. The number of hydrazone groups is 1. The summed E-state index contributed by atoms with van der Waals surface area (Å²) >= 11 is 0. The van der Waals surface area contributed by atoms with Crippen molar-refractivity contribution in [3.63, 3.8) is 0 Å². The predicted molar refractivity (Wildman–Crippen MR) is 74.3 cm³/mol. The van der Waals surface area contributed by atoms with Crippen molar-refractivity contribution in [3.05, 3.63) is 33.9 Å². The van der Waals surface area contributed by atoms with E-state index < -0.39 is 22.4 Å². The molecule has 0 saturated carbocycles. The highest BCUT2D eigenvalue weighted by atomic mass is 19.4. The number of hydrogen-bond donors (Lipinski definition) is 1. The number of nitrogens with zero attached hydrogens (tertiary/aromatic N) is 2. The number of hydrogen-bond acceptors (Lipinski definition) is 4. The molecule has 0 fully saturated rings. The number of rotatable bonds is 6. The molecule has 1 aromatic carbocycles. The van der Waals surface area contributed by atoms with Gasteiger partial charge in [-0.25, -0.2) is 0 Å². The fourth-order valence-corrected chi connectivity index (χ4v) is 1.67. The van der Waals surface area contributed by atoms with Crippen LogP contribution in [0.1, 0.15) is 32.3 Å². The van der Waals surface area contributed by atoms with Gasteiger partial charge in [0.1, 0.15) is 5.69 Å². The van der Waals surface area contributed by atoms with Gasteiger partial charge in [0, 0.05) is 12.3 Å². The Morgan fingerprint density at radius 1 is 1.38 bits per heavy atom. The van der Waals surface area contributed by atoms with Gasteiger partial charge < -0.3 is 0 Å². The fraction of sp³-hybridized carbons (Fsp3) is 0.462. The van der Waals surface area contributed by atoms with Gasteiger partial charge >= 0.3 is 6.18 Å². The van der Waals surface area contributed by atoms with Crippen LogP contribution in [0.25, 0.3) is 0 Å². The van der Waals surface area contributed by atoms with E-state index in [2.05, 4.69) is 10.5 Å². The molecule has 0 atom stereocenters. The molecule has 8 heteroatoms. The van der Waals surface area contributed by atoms with Crippen molar-refractivity contribution < 1.29 is 18.1 Å². The summed E-state index contributed by atoms with van der Waals surface area (Å²) in [7, 11) is 0. The summed E-state index contributed by atoms with van der Waals surface area (Å²) in [5.41, 5.74) is 0.632. The Morgan fingerprint density at radius 2 is 2.00 bits per heavy atom. The maximum absolute atomic E-state index is 12.5.